The van der Waals surface area contributed by atoms with Gasteiger partial charge in [-0.2, -0.15) is 8.42 Å². The molecule has 0 radical (unpaired) electrons. The molecule has 1 N–H and O–H groups in total. The molecule has 0 fully saturated rings. The van der Waals surface area contributed by atoms with Crippen molar-refractivity contribution in [3.05, 3.63) is 0 Å². The molecule has 0 aliphatic heterocycles. The summed E-state index contributed by atoms with van der Waals surface area (Å²) >= 11 is 0. The van der Waals surface area contributed by atoms with Crippen LogP contribution in [-0.2, 0) is 14.9 Å². The van der Waals surface area contributed by atoms with Crippen molar-refractivity contribution in [3.8, 4) is 0 Å². The third-order valence-electron chi connectivity index (χ3n) is 4.27. The van der Waals surface area contributed by atoms with Crippen LogP contribution < -0.4 is 0 Å². The molecule has 0 rings (SSSR count). The molecule has 0 aromatic rings. The molecule has 0 unspecified atom stereocenters. The molecule has 0 atom stereocenters. The number of rotatable bonds is 16. The van der Waals surface area contributed by atoms with E-state index in [1.165, 1.54) is 70.6 Å². The van der Waals surface area contributed by atoms with Crippen LogP contribution in [0.2, 0.25) is 0 Å². The SMILES string of the molecule is CCCCCCCCCCCCCCCCCC(=O)S(=O)(=O)O.[LiH]. The van der Waals surface area contributed by atoms with Gasteiger partial charge in [-0.1, -0.05) is 96.8 Å². The fourth-order valence-electron chi connectivity index (χ4n) is 2.77. The van der Waals surface area contributed by atoms with E-state index in [4.69, 9.17) is 4.55 Å². The molecule has 0 spiro atoms. The predicted octanol–water partition coefficient (Wildman–Crippen LogP) is 5.01. The van der Waals surface area contributed by atoms with Crippen LogP contribution in [0.4, 0.5) is 0 Å². The van der Waals surface area contributed by atoms with E-state index in [1.807, 2.05) is 0 Å². The monoisotopic (exact) mass is 356 g/mol. The molecule has 0 aliphatic carbocycles. The van der Waals surface area contributed by atoms with Crippen LogP contribution in [0.1, 0.15) is 110 Å². The Morgan fingerprint density at radius 2 is 0.958 bits per heavy atom. The van der Waals surface area contributed by atoms with Crippen LogP contribution in [0.25, 0.3) is 0 Å². The average molecular weight is 356 g/mol. The number of hydrogen-bond acceptors (Lipinski definition) is 3. The van der Waals surface area contributed by atoms with Crippen LogP contribution >= 0.6 is 0 Å². The molecule has 0 aliphatic rings. The second-order valence-electron chi connectivity index (χ2n) is 6.55. The first-order valence-electron chi connectivity index (χ1n) is 9.48. The van der Waals surface area contributed by atoms with E-state index >= 15 is 0 Å². The van der Waals surface area contributed by atoms with Crippen molar-refractivity contribution in [2.45, 2.75) is 110 Å². The summed E-state index contributed by atoms with van der Waals surface area (Å²) in [5, 5.41) is -1.05. The minimum atomic E-state index is -4.46. The Morgan fingerprint density at radius 1 is 0.667 bits per heavy atom. The summed E-state index contributed by atoms with van der Waals surface area (Å²) < 4.78 is 29.6. The molecule has 0 bridgehead atoms. The zero-order valence-corrected chi connectivity index (χ0v) is 15.7. The summed E-state index contributed by atoms with van der Waals surface area (Å²) in [4.78, 5) is 11.0. The third kappa shape index (κ3) is 18.5. The summed E-state index contributed by atoms with van der Waals surface area (Å²) in [5.41, 5.74) is 0. The van der Waals surface area contributed by atoms with Crippen LogP contribution in [0.15, 0.2) is 0 Å². The van der Waals surface area contributed by atoms with Gasteiger partial charge in [-0.05, 0) is 6.42 Å². The Labute approximate surface area is 161 Å². The molecule has 0 saturated heterocycles. The van der Waals surface area contributed by atoms with Gasteiger partial charge >= 0.3 is 29.0 Å². The molecular formula is C18H37LiO4S. The number of hydrogen-bond donors (Lipinski definition) is 1. The van der Waals surface area contributed by atoms with Crippen molar-refractivity contribution in [2.24, 2.45) is 0 Å². The van der Waals surface area contributed by atoms with Gasteiger partial charge in [0, 0.05) is 6.42 Å². The van der Waals surface area contributed by atoms with Crippen molar-refractivity contribution in [3.63, 3.8) is 0 Å². The Balaban J connectivity index is 0. The second-order valence-corrected chi connectivity index (χ2v) is 7.95. The van der Waals surface area contributed by atoms with Crippen molar-refractivity contribution in [2.75, 3.05) is 0 Å². The Hall–Kier alpha value is 0.177. The van der Waals surface area contributed by atoms with E-state index in [0.29, 0.717) is 6.42 Å². The van der Waals surface area contributed by atoms with Crippen LogP contribution in [-0.4, -0.2) is 36.9 Å². The average Bonchev–Trinajstić information content (AvgIpc) is 2.50. The van der Waals surface area contributed by atoms with Crippen LogP contribution in [0.5, 0.6) is 0 Å². The Bertz CT molecular complexity index is 382. The van der Waals surface area contributed by atoms with Gasteiger partial charge in [0.15, 0.2) is 0 Å². The number of carbonyl (C=O) groups is 1. The summed E-state index contributed by atoms with van der Waals surface area (Å²) in [7, 11) is -4.46. The maximum absolute atomic E-state index is 11.0. The molecular weight excluding hydrogens is 319 g/mol. The van der Waals surface area contributed by atoms with E-state index in [2.05, 4.69) is 6.92 Å². The molecule has 0 aromatic carbocycles. The molecule has 0 saturated carbocycles. The molecule has 24 heavy (non-hydrogen) atoms. The number of carbonyl (C=O) groups excluding carboxylic acids is 1. The number of unbranched alkanes of at least 4 members (excludes halogenated alkanes) is 14. The Kier molecular flexibility index (Phi) is 19.8. The fraction of sp³-hybridized carbons (Fsp3) is 0.944. The minimum absolute atomic E-state index is 0. The van der Waals surface area contributed by atoms with Gasteiger partial charge in [0.1, 0.15) is 0 Å². The summed E-state index contributed by atoms with van der Waals surface area (Å²) in [5.74, 6) is 0. The molecule has 4 nitrogen and oxygen atoms in total. The zero-order chi connectivity index (χ0) is 17.4. The van der Waals surface area contributed by atoms with Gasteiger partial charge in [0.2, 0.25) is 0 Å². The summed E-state index contributed by atoms with van der Waals surface area (Å²) in [6.45, 7) is 2.25. The maximum atomic E-state index is 11.0. The summed E-state index contributed by atoms with van der Waals surface area (Å²) in [6, 6.07) is 0. The topological polar surface area (TPSA) is 71.4 Å². The van der Waals surface area contributed by atoms with Crippen molar-refractivity contribution in [1.82, 2.24) is 0 Å². The van der Waals surface area contributed by atoms with E-state index < -0.39 is 15.2 Å². The Morgan fingerprint density at radius 3 is 1.25 bits per heavy atom. The molecule has 0 aromatic heterocycles. The molecule has 140 valence electrons. The summed E-state index contributed by atoms with van der Waals surface area (Å²) in [6.07, 6.45) is 18.3. The normalized spacial score (nSPS) is 11.2. The van der Waals surface area contributed by atoms with Crippen molar-refractivity contribution >= 4 is 34.1 Å². The van der Waals surface area contributed by atoms with Crippen LogP contribution in [0, 0.1) is 0 Å². The van der Waals surface area contributed by atoms with Gasteiger partial charge in [0.25, 0.3) is 5.12 Å². The second kappa shape index (κ2) is 18.0. The van der Waals surface area contributed by atoms with E-state index in [1.54, 1.807) is 0 Å². The van der Waals surface area contributed by atoms with E-state index in [0.717, 1.165) is 19.3 Å². The first kappa shape index (κ1) is 26.4. The van der Waals surface area contributed by atoms with Gasteiger partial charge < -0.3 is 0 Å². The van der Waals surface area contributed by atoms with E-state index in [-0.39, 0.29) is 25.3 Å². The van der Waals surface area contributed by atoms with Crippen molar-refractivity contribution in [1.29, 1.82) is 0 Å². The fourth-order valence-corrected chi connectivity index (χ4v) is 3.17. The zero-order valence-electron chi connectivity index (χ0n) is 14.9. The van der Waals surface area contributed by atoms with Crippen molar-refractivity contribution < 1.29 is 17.8 Å². The standard InChI is InChI=1S/C18H36O4S.Li.H/c1-2-3-4-5-6-7-8-9-10-11-12-13-14-15-16-17-18(19)23(20,21)22;;/h2-17H2,1H3,(H,20,21,22);;. The predicted molar refractivity (Wildman–Crippen MR) is 103 cm³/mol. The van der Waals surface area contributed by atoms with Gasteiger partial charge in [0.05, 0.1) is 0 Å². The quantitative estimate of drug-likeness (QED) is 0.240. The first-order valence-corrected chi connectivity index (χ1v) is 10.9. The molecule has 0 heterocycles. The molecule has 6 heteroatoms. The third-order valence-corrected chi connectivity index (χ3v) is 5.05. The van der Waals surface area contributed by atoms with Gasteiger partial charge in [-0.25, -0.2) is 0 Å². The van der Waals surface area contributed by atoms with Gasteiger partial charge in [-0.15, -0.1) is 0 Å². The van der Waals surface area contributed by atoms with E-state index in [9.17, 15) is 13.2 Å². The molecule has 0 amide bonds. The van der Waals surface area contributed by atoms with Gasteiger partial charge in [-0.3, -0.25) is 9.35 Å². The van der Waals surface area contributed by atoms with Crippen LogP contribution in [0.3, 0.4) is 0 Å². The first-order chi connectivity index (χ1) is 11.0.